The van der Waals surface area contributed by atoms with Crippen molar-refractivity contribution < 1.29 is 0 Å². The molecule has 22 heavy (non-hydrogen) atoms. The van der Waals surface area contributed by atoms with Crippen molar-refractivity contribution in [2.24, 2.45) is 5.10 Å². The van der Waals surface area contributed by atoms with Gasteiger partial charge >= 0.3 is 0 Å². The summed E-state index contributed by atoms with van der Waals surface area (Å²) in [5, 5.41) is 6.30. The lowest BCUT2D eigenvalue weighted by Crippen LogP contribution is -2.03. The van der Waals surface area contributed by atoms with Gasteiger partial charge in [-0.05, 0) is 36.2 Å². The second kappa shape index (κ2) is 6.65. The Morgan fingerprint density at radius 2 is 2.00 bits per heavy atom. The summed E-state index contributed by atoms with van der Waals surface area (Å²) in [5.41, 5.74) is 5.86. The van der Waals surface area contributed by atoms with Gasteiger partial charge in [-0.15, -0.1) is 0 Å². The number of anilines is 1. The number of halogens is 2. The topological polar surface area (TPSA) is 37.3 Å². The van der Waals surface area contributed by atoms with Gasteiger partial charge < -0.3 is 0 Å². The van der Waals surface area contributed by atoms with Gasteiger partial charge in [0.15, 0.2) is 0 Å². The van der Waals surface area contributed by atoms with Gasteiger partial charge in [-0.1, -0.05) is 59.7 Å². The number of rotatable bonds is 4. The second-order valence-corrected chi connectivity index (χ2v) is 6.48. The highest BCUT2D eigenvalue weighted by Gasteiger charge is 2.06. The van der Waals surface area contributed by atoms with Gasteiger partial charge in [-0.2, -0.15) is 5.10 Å². The zero-order valence-corrected chi connectivity index (χ0v) is 14.1. The molecule has 0 saturated heterocycles. The van der Waals surface area contributed by atoms with Gasteiger partial charge in [-0.3, -0.25) is 5.43 Å². The van der Waals surface area contributed by atoms with Crippen molar-refractivity contribution in [2.45, 2.75) is 13.3 Å². The number of aromatic nitrogens is 1. The van der Waals surface area contributed by atoms with E-state index < -0.39 is 0 Å². The quantitative estimate of drug-likeness (QED) is 0.475. The van der Waals surface area contributed by atoms with E-state index in [2.05, 4.69) is 15.5 Å². The van der Waals surface area contributed by atoms with Crippen molar-refractivity contribution in [3.8, 4) is 0 Å². The normalized spacial score (nSPS) is 11.9. The number of para-hydroxylation sites is 1. The number of fused-ring (bicyclic) bond motifs is 1. The van der Waals surface area contributed by atoms with E-state index in [4.69, 9.17) is 23.2 Å². The van der Waals surface area contributed by atoms with Crippen molar-refractivity contribution in [3.05, 3.63) is 58.1 Å². The lowest BCUT2D eigenvalue weighted by Gasteiger charge is -2.05. The van der Waals surface area contributed by atoms with Gasteiger partial charge in [0.1, 0.15) is 0 Å². The summed E-state index contributed by atoms with van der Waals surface area (Å²) in [4.78, 5) is 4.50. The summed E-state index contributed by atoms with van der Waals surface area (Å²) in [7, 11) is 0. The molecule has 0 amide bonds. The zero-order chi connectivity index (χ0) is 15.5. The third-order valence-electron chi connectivity index (χ3n) is 3.17. The number of nitrogens with zero attached hydrogens (tertiary/aromatic N) is 2. The molecule has 0 saturated carbocycles. The van der Waals surface area contributed by atoms with E-state index in [1.165, 1.54) is 0 Å². The molecule has 0 radical (unpaired) electrons. The Labute approximate surface area is 142 Å². The lowest BCUT2D eigenvalue weighted by atomic mass is 10.1. The van der Waals surface area contributed by atoms with E-state index in [1.54, 1.807) is 17.4 Å². The molecular formula is C16H13Cl2N3S. The largest absolute Gasteiger partial charge is 0.252 e. The molecule has 3 aromatic rings. The Morgan fingerprint density at radius 1 is 1.18 bits per heavy atom. The molecule has 3 rings (SSSR count). The van der Waals surface area contributed by atoms with Crippen LogP contribution < -0.4 is 5.43 Å². The Hall–Kier alpha value is -1.62. The molecule has 112 valence electrons. The predicted octanol–water partition coefficient (Wildman–Crippen LogP) is 5.83. The second-order valence-electron chi connectivity index (χ2n) is 4.64. The maximum Gasteiger partial charge on any atom is 0.204 e. The summed E-state index contributed by atoms with van der Waals surface area (Å²) in [6.45, 7) is 2.04. The third kappa shape index (κ3) is 3.24. The maximum atomic E-state index is 6.07. The summed E-state index contributed by atoms with van der Waals surface area (Å²) in [6, 6.07) is 13.5. The van der Waals surface area contributed by atoms with Crippen LogP contribution in [-0.2, 0) is 0 Å². The summed E-state index contributed by atoms with van der Waals surface area (Å²) in [5.74, 6) is 0. The Balaban J connectivity index is 1.86. The fraction of sp³-hybridized carbons (Fsp3) is 0.125. The van der Waals surface area contributed by atoms with Crippen LogP contribution in [0.3, 0.4) is 0 Å². The molecule has 0 unspecified atom stereocenters. The first-order chi connectivity index (χ1) is 10.7. The van der Waals surface area contributed by atoms with Crippen LogP contribution in [0.4, 0.5) is 5.13 Å². The molecule has 0 atom stereocenters. The molecule has 0 spiro atoms. The molecule has 0 aliphatic carbocycles. The number of thiazole rings is 1. The number of hydrogen-bond donors (Lipinski definition) is 1. The first kappa shape index (κ1) is 15.3. The molecular weight excluding hydrogens is 337 g/mol. The summed E-state index contributed by atoms with van der Waals surface area (Å²) >= 11 is 13.6. The van der Waals surface area contributed by atoms with Crippen LogP contribution in [-0.4, -0.2) is 10.7 Å². The fourth-order valence-corrected chi connectivity index (χ4v) is 3.17. The highest BCUT2D eigenvalue weighted by molar-refractivity contribution is 7.22. The molecule has 0 aliphatic heterocycles. The van der Waals surface area contributed by atoms with E-state index >= 15 is 0 Å². The van der Waals surface area contributed by atoms with E-state index in [9.17, 15) is 0 Å². The molecule has 1 aromatic heterocycles. The molecule has 3 nitrogen and oxygen atoms in total. The Morgan fingerprint density at radius 3 is 2.73 bits per heavy atom. The van der Waals surface area contributed by atoms with Crippen LogP contribution in [0.2, 0.25) is 10.0 Å². The fourth-order valence-electron chi connectivity index (χ4n) is 2.06. The van der Waals surface area contributed by atoms with Crippen LogP contribution in [0.25, 0.3) is 10.2 Å². The van der Waals surface area contributed by atoms with E-state index in [0.29, 0.717) is 10.0 Å². The number of hydrazone groups is 1. The summed E-state index contributed by atoms with van der Waals surface area (Å²) in [6.07, 6.45) is 0.774. The van der Waals surface area contributed by atoms with Crippen molar-refractivity contribution >= 4 is 55.6 Å². The van der Waals surface area contributed by atoms with Crippen molar-refractivity contribution in [1.82, 2.24) is 4.98 Å². The Bertz CT molecular complexity index is 809. The van der Waals surface area contributed by atoms with Gasteiger partial charge in [0.25, 0.3) is 0 Å². The lowest BCUT2D eigenvalue weighted by molar-refractivity contribution is 1.21. The standard InChI is InChI=1S/C16H13Cl2N3S/c1-2-13(10-7-8-11(17)12(18)9-10)20-21-16-19-14-5-3-4-6-15(14)22-16/h3-9H,2H2,1H3,(H,19,21). The van der Waals surface area contributed by atoms with Crippen LogP contribution >= 0.6 is 34.5 Å². The van der Waals surface area contributed by atoms with E-state index in [-0.39, 0.29) is 0 Å². The first-order valence-electron chi connectivity index (χ1n) is 6.81. The van der Waals surface area contributed by atoms with Gasteiger partial charge in [0.2, 0.25) is 5.13 Å². The highest BCUT2D eigenvalue weighted by atomic mass is 35.5. The average Bonchev–Trinajstić information content (AvgIpc) is 2.94. The maximum absolute atomic E-state index is 6.07. The van der Waals surface area contributed by atoms with Gasteiger partial charge in [0.05, 0.1) is 26.0 Å². The third-order valence-corrected chi connectivity index (χ3v) is 4.85. The van der Waals surface area contributed by atoms with E-state index in [0.717, 1.165) is 33.0 Å². The minimum atomic E-state index is 0.528. The van der Waals surface area contributed by atoms with Crippen LogP contribution in [0, 0.1) is 0 Å². The molecule has 2 aromatic carbocycles. The minimum absolute atomic E-state index is 0.528. The SMILES string of the molecule is CCC(=NNc1nc2ccccc2s1)c1ccc(Cl)c(Cl)c1. The number of nitrogens with one attached hydrogen (secondary N) is 1. The first-order valence-corrected chi connectivity index (χ1v) is 8.38. The smallest absolute Gasteiger partial charge is 0.204 e. The van der Waals surface area contributed by atoms with Crippen molar-refractivity contribution in [2.75, 3.05) is 5.43 Å². The van der Waals surface area contributed by atoms with Crippen LogP contribution in [0.15, 0.2) is 47.6 Å². The molecule has 6 heteroatoms. The zero-order valence-electron chi connectivity index (χ0n) is 11.8. The molecule has 0 aliphatic rings. The molecule has 1 heterocycles. The molecule has 1 N–H and O–H groups in total. The van der Waals surface area contributed by atoms with Gasteiger partial charge in [-0.25, -0.2) is 4.98 Å². The monoisotopic (exact) mass is 349 g/mol. The average molecular weight is 350 g/mol. The minimum Gasteiger partial charge on any atom is -0.252 e. The summed E-state index contributed by atoms with van der Waals surface area (Å²) < 4.78 is 1.13. The predicted molar refractivity (Wildman–Crippen MR) is 96.5 cm³/mol. The van der Waals surface area contributed by atoms with Crippen LogP contribution in [0.5, 0.6) is 0 Å². The highest BCUT2D eigenvalue weighted by Crippen LogP contribution is 2.26. The van der Waals surface area contributed by atoms with Crippen molar-refractivity contribution in [1.29, 1.82) is 0 Å². The van der Waals surface area contributed by atoms with E-state index in [1.807, 2.05) is 43.3 Å². The van der Waals surface area contributed by atoms with Crippen molar-refractivity contribution in [3.63, 3.8) is 0 Å². The van der Waals surface area contributed by atoms with Crippen LogP contribution in [0.1, 0.15) is 18.9 Å². The van der Waals surface area contributed by atoms with Gasteiger partial charge in [0, 0.05) is 0 Å². The Kier molecular flexibility index (Phi) is 4.62. The molecule has 0 fully saturated rings. The number of benzene rings is 2. The molecule has 0 bridgehead atoms. The number of hydrogen-bond acceptors (Lipinski definition) is 4.